The van der Waals surface area contributed by atoms with Crippen molar-refractivity contribution in [1.82, 2.24) is 0 Å². The molecule has 0 aliphatic carbocycles. The molecule has 1 aliphatic rings. The number of rotatable bonds is 6. The normalized spacial score (nSPS) is 14.1. The summed E-state index contributed by atoms with van der Waals surface area (Å²) >= 11 is 0. The molecule has 0 unspecified atom stereocenters. The van der Waals surface area contributed by atoms with Crippen LogP contribution < -0.4 is 10.6 Å². The second kappa shape index (κ2) is 5.95. The predicted octanol–water partition coefficient (Wildman–Crippen LogP) is 3.60. The lowest BCUT2D eigenvalue weighted by Gasteiger charge is -2.19. The van der Waals surface area contributed by atoms with Crippen molar-refractivity contribution in [3.05, 3.63) is 23.8 Å². The van der Waals surface area contributed by atoms with E-state index < -0.39 is 0 Å². The minimum absolute atomic E-state index is 0.890. The lowest BCUT2D eigenvalue weighted by Crippen LogP contribution is -2.21. The van der Waals surface area contributed by atoms with E-state index in [1.54, 1.807) is 0 Å². The van der Waals surface area contributed by atoms with E-state index in [0.29, 0.717) is 0 Å². The van der Waals surface area contributed by atoms with Crippen molar-refractivity contribution in [3.8, 4) is 0 Å². The van der Waals surface area contributed by atoms with Gasteiger partial charge in [-0.2, -0.15) is 0 Å². The fraction of sp³-hybridized carbons (Fsp3) is 0.600. The number of unbranched alkanes of at least 4 members (excludes halogenated alkanes) is 4. The third-order valence-electron chi connectivity index (χ3n) is 3.63. The number of anilines is 2. The van der Waals surface area contributed by atoms with Crippen molar-refractivity contribution < 1.29 is 0 Å². The summed E-state index contributed by atoms with van der Waals surface area (Å²) in [6.07, 6.45) is 7.95. The van der Waals surface area contributed by atoms with Crippen molar-refractivity contribution >= 4 is 11.4 Å². The SMILES string of the molecule is CCCCCCCN1CCc2ccc(N)cc21. The summed E-state index contributed by atoms with van der Waals surface area (Å²) in [4.78, 5) is 2.50. The standard InChI is InChI=1S/C15H24N2/c1-2-3-4-5-6-10-17-11-9-13-7-8-14(16)12-15(13)17/h7-8,12H,2-6,9-11,16H2,1H3. The average Bonchev–Trinajstić information content (AvgIpc) is 2.72. The highest BCUT2D eigenvalue weighted by Gasteiger charge is 2.18. The summed E-state index contributed by atoms with van der Waals surface area (Å²) < 4.78 is 0. The lowest BCUT2D eigenvalue weighted by atomic mass is 10.1. The predicted molar refractivity (Wildman–Crippen MR) is 75.5 cm³/mol. The largest absolute Gasteiger partial charge is 0.399 e. The maximum Gasteiger partial charge on any atom is 0.0420 e. The molecule has 1 heterocycles. The summed E-state index contributed by atoms with van der Waals surface area (Å²) in [5.41, 5.74) is 9.59. The monoisotopic (exact) mass is 232 g/mol. The maximum absolute atomic E-state index is 5.86. The van der Waals surface area contributed by atoms with Crippen LogP contribution >= 0.6 is 0 Å². The Labute approximate surface area is 105 Å². The van der Waals surface area contributed by atoms with Gasteiger partial charge in [0, 0.05) is 24.5 Å². The van der Waals surface area contributed by atoms with Gasteiger partial charge < -0.3 is 10.6 Å². The molecule has 1 aliphatic heterocycles. The molecular formula is C15H24N2. The molecule has 2 heteroatoms. The Balaban J connectivity index is 1.82. The number of hydrogen-bond donors (Lipinski definition) is 1. The van der Waals surface area contributed by atoms with E-state index >= 15 is 0 Å². The average molecular weight is 232 g/mol. The molecule has 0 spiro atoms. The van der Waals surface area contributed by atoms with E-state index in [2.05, 4.69) is 24.0 Å². The molecule has 17 heavy (non-hydrogen) atoms. The Morgan fingerprint density at radius 3 is 2.82 bits per heavy atom. The lowest BCUT2D eigenvalue weighted by molar-refractivity contribution is 0.623. The van der Waals surface area contributed by atoms with Gasteiger partial charge in [-0.25, -0.2) is 0 Å². The van der Waals surface area contributed by atoms with Crippen LogP contribution in [-0.4, -0.2) is 13.1 Å². The van der Waals surface area contributed by atoms with Gasteiger partial charge >= 0.3 is 0 Å². The van der Waals surface area contributed by atoms with Crippen LogP contribution in [0, 0.1) is 0 Å². The topological polar surface area (TPSA) is 29.3 Å². The van der Waals surface area contributed by atoms with Gasteiger partial charge in [0.25, 0.3) is 0 Å². The number of nitrogen functional groups attached to an aromatic ring is 1. The van der Waals surface area contributed by atoms with Crippen LogP contribution in [0.15, 0.2) is 18.2 Å². The molecule has 0 atom stereocenters. The second-order valence-electron chi connectivity index (χ2n) is 5.04. The molecule has 2 rings (SSSR count). The van der Waals surface area contributed by atoms with Gasteiger partial charge in [-0.15, -0.1) is 0 Å². The minimum atomic E-state index is 0.890. The van der Waals surface area contributed by atoms with Gasteiger partial charge in [0.1, 0.15) is 0 Å². The van der Waals surface area contributed by atoms with E-state index in [-0.39, 0.29) is 0 Å². The highest BCUT2D eigenvalue weighted by molar-refractivity contribution is 5.64. The molecule has 0 bridgehead atoms. The van der Waals surface area contributed by atoms with Crippen LogP contribution in [0.4, 0.5) is 11.4 Å². The zero-order valence-electron chi connectivity index (χ0n) is 10.9. The molecule has 2 N–H and O–H groups in total. The van der Waals surface area contributed by atoms with E-state index in [0.717, 1.165) is 5.69 Å². The first-order valence-electron chi connectivity index (χ1n) is 6.94. The van der Waals surface area contributed by atoms with E-state index in [9.17, 15) is 0 Å². The van der Waals surface area contributed by atoms with Crippen LogP contribution in [0.25, 0.3) is 0 Å². The Morgan fingerprint density at radius 2 is 2.00 bits per heavy atom. The number of nitrogens with zero attached hydrogens (tertiary/aromatic N) is 1. The number of fused-ring (bicyclic) bond motifs is 1. The van der Waals surface area contributed by atoms with E-state index in [4.69, 9.17) is 5.73 Å². The zero-order valence-corrected chi connectivity index (χ0v) is 10.9. The van der Waals surface area contributed by atoms with Crippen molar-refractivity contribution in [1.29, 1.82) is 0 Å². The van der Waals surface area contributed by atoms with Crippen LogP contribution in [0.2, 0.25) is 0 Å². The first-order chi connectivity index (χ1) is 8.31. The molecule has 2 nitrogen and oxygen atoms in total. The third-order valence-corrected chi connectivity index (χ3v) is 3.63. The molecule has 0 radical (unpaired) electrons. The highest BCUT2D eigenvalue weighted by Crippen LogP contribution is 2.30. The quantitative estimate of drug-likeness (QED) is 0.600. The number of nitrogens with two attached hydrogens (primary N) is 1. The van der Waals surface area contributed by atoms with E-state index in [1.807, 2.05) is 6.07 Å². The highest BCUT2D eigenvalue weighted by atomic mass is 15.1. The van der Waals surface area contributed by atoms with Gasteiger partial charge in [0.15, 0.2) is 0 Å². The first kappa shape index (κ1) is 12.3. The fourth-order valence-electron chi connectivity index (χ4n) is 2.60. The third kappa shape index (κ3) is 3.15. The number of hydrogen-bond acceptors (Lipinski definition) is 2. The Morgan fingerprint density at radius 1 is 1.18 bits per heavy atom. The molecule has 94 valence electrons. The Hall–Kier alpha value is -1.18. The van der Waals surface area contributed by atoms with Gasteiger partial charge in [-0.05, 0) is 30.5 Å². The fourth-order valence-corrected chi connectivity index (χ4v) is 2.60. The number of benzene rings is 1. The van der Waals surface area contributed by atoms with Gasteiger partial charge in [0.2, 0.25) is 0 Å². The summed E-state index contributed by atoms with van der Waals surface area (Å²) in [7, 11) is 0. The van der Waals surface area contributed by atoms with Crippen LogP contribution in [0.5, 0.6) is 0 Å². The molecule has 0 saturated heterocycles. The zero-order chi connectivity index (χ0) is 12.1. The summed E-state index contributed by atoms with van der Waals surface area (Å²) in [6, 6.07) is 6.33. The minimum Gasteiger partial charge on any atom is -0.399 e. The smallest absolute Gasteiger partial charge is 0.0420 e. The molecule has 0 amide bonds. The summed E-state index contributed by atoms with van der Waals surface area (Å²) in [6.45, 7) is 4.63. The van der Waals surface area contributed by atoms with Crippen molar-refractivity contribution in [2.24, 2.45) is 0 Å². The maximum atomic E-state index is 5.86. The van der Waals surface area contributed by atoms with Crippen molar-refractivity contribution in [2.75, 3.05) is 23.7 Å². The molecule has 0 aromatic heterocycles. The van der Waals surface area contributed by atoms with E-state index in [1.165, 1.54) is 62.9 Å². The Bertz CT molecular complexity index is 360. The molecule has 0 saturated carbocycles. The van der Waals surface area contributed by atoms with Crippen molar-refractivity contribution in [3.63, 3.8) is 0 Å². The molecule has 1 aromatic rings. The van der Waals surface area contributed by atoms with Gasteiger partial charge in [-0.3, -0.25) is 0 Å². The van der Waals surface area contributed by atoms with Gasteiger partial charge in [0.05, 0.1) is 0 Å². The molecule has 1 aromatic carbocycles. The van der Waals surface area contributed by atoms with Crippen LogP contribution in [0.1, 0.15) is 44.6 Å². The molecule has 0 fully saturated rings. The van der Waals surface area contributed by atoms with Gasteiger partial charge in [-0.1, -0.05) is 38.7 Å². The van der Waals surface area contributed by atoms with Crippen LogP contribution in [-0.2, 0) is 6.42 Å². The summed E-state index contributed by atoms with van der Waals surface area (Å²) in [5, 5.41) is 0. The van der Waals surface area contributed by atoms with Crippen LogP contribution in [0.3, 0.4) is 0 Å². The second-order valence-corrected chi connectivity index (χ2v) is 5.04. The van der Waals surface area contributed by atoms with Crippen molar-refractivity contribution in [2.45, 2.75) is 45.4 Å². The Kier molecular flexibility index (Phi) is 4.29. The first-order valence-corrected chi connectivity index (χ1v) is 6.94. The molecular weight excluding hydrogens is 208 g/mol. The summed E-state index contributed by atoms with van der Waals surface area (Å²) in [5.74, 6) is 0.